The molecule has 0 unspecified atom stereocenters. The summed E-state index contributed by atoms with van der Waals surface area (Å²) in [7, 11) is -0.314. The van der Waals surface area contributed by atoms with Crippen molar-refractivity contribution in [2.75, 3.05) is 12.7 Å². The van der Waals surface area contributed by atoms with Crippen molar-refractivity contribution in [3.8, 4) is 0 Å². The van der Waals surface area contributed by atoms with E-state index in [-0.39, 0.29) is 42.0 Å². The molecule has 3 rings (SSSR count). The Labute approximate surface area is 206 Å². The van der Waals surface area contributed by atoms with Crippen LogP contribution >= 0.6 is 7.92 Å². The van der Waals surface area contributed by atoms with Crippen molar-refractivity contribution in [2.24, 2.45) is 0 Å². The van der Waals surface area contributed by atoms with Crippen molar-refractivity contribution in [2.45, 2.75) is 6.54 Å². The fourth-order valence-corrected chi connectivity index (χ4v) is 4.79. The number of rotatable bonds is 7. The van der Waals surface area contributed by atoms with E-state index in [0.717, 1.165) is 24.9 Å². The van der Waals surface area contributed by atoms with Crippen LogP contribution in [0.5, 0.6) is 0 Å². The molecule has 0 aliphatic carbocycles. The number of halogens is 1. The molecule has 0 bridgehead atoms. The fraction of sp³-hybridized carbons (Fsp3) is 0.130. The molecule has 1 radical (unpaired) electrons. The van der Waals surface area contributed by atoms with Gasteiger partial charge in [-0.25, -0.2) is 0 Å². The van der Waals surface area contributed by atoms with E-state index in [1.54, 1.807) is 0 Å². The summed E-state index contributed by atoms with van der Waals surface area (Å²) in [6.07, 6.45) is 2.98. The Morgan fingerprint density at radius 1 is 0.710 bits per heavy atom. The van der Waals surface area contributed by atoms with Crippen molar-refractivity contribution >= 4 is 18.5 Å². The van der Waals surface area contributed by atoms with Gasteiger partial charge in [0, 0.05) is 36.4 Å². The standard InChI is InChI=1S/C20H21N2P.3CO.BrH.Mn/c1-3-10-19(11-4-1)23(20-12-5-2-6-13-20)16-15-21-17-18-9-7-8-14-22-18;3*1-2;;/h1-14,21H,15-17H2;;;;1H;/p-1. The molecule has 1 N–H and O–H groups in total. The van der Waals surface area contributed by atoms with E-state index >= 15 is 0 Å². The first-order valence-corrected chi connectivity index (χ1v) is 10.1. The van der Waals surface area contributed by atoms with Gasteiger partial charge in [-0.05, 0) is 36.8 Å². The molecule has 5 nitrogen and oxygen atoms in total. The van der Waals surface area contributed by atoms with E-state index in [0.29, 0.717) is 0 Å². The summed E-state index contributed by atoms with van der Waals surface area (Å²) < 4.78 is 22.5. The molecule has 1 aromatic heterocycles. The third kappa shape index (κ3) is 14.0. The van der Waals surface area contributed by atoms with Gasteiger partial charge in [0.25, 0.3) is 0 Å². The summed E-state index contributed by atoms with van der Waals surface area (Å²) in [6.45, 7) is 15.3. The van der Waals surface area contributed by atoms with E-state index in [2.05, 4.69) is 97.0 Å². The van der Waals surface area contributed by atoms with Gasteiger partial charge in [0.1, 0.15) is 0 Å². The summed E-state index contributed by atoms with van der Waals surface area (Å²) >= 11 is 0. The van der Waals surface area contributed by atoms with Gasteiger partial charge in [0.2, 0.25) is 0 Å². The SMILES string of the molecule is [Br-].[C-]#[O+].[C-]#[O+].[C-]#[O+].[Mn].c1ccc(P(CCNCc2ccccn2)c2ccccc2)cc1. The molecule has 161 valence electrons. The molecule has 0 fully saturated rings. The third-order valence-electron chi connectivity index (χ3n) is 3.68. The maximum atomic E-state index is 7.50. The van der Waals surface area contributed by atoms with Crippen LogP contribution in [0.15, 0.2) is 85.1 Å². The van der Waals surface area contributed by atoms with Gasteiger partial charge in [-0.3, -0.25) is 4.98 Å². The van der Waals surface area contributed by atoms with Crippen LogP contribution < -0.4 is 32.9 Å². The Hall–Kier alpha value is -1.80. The number of hydrogen-bond acceptors (Lipinski definition) is 2. The second-order valence-corrected chi connectivity index (χ2v) is 7.66. The monoisotopic (exact) mass is 538 g/mol. The van der Waals surface area contributed by atoms with Gasteiger partial charge in [-0.2, -0.15) is 0 Å². The van der Waals surface area contributed by atoms with Gasteiger partial charge < -0.3 is 22.3 Å². The zero-order valence-electron chi connectivity index (χ0n) is 16.6. The van der Waals surface area contributed by atoms with Crippen LogP contribution in [0.3, 0.4) is 0 Å². The van der Waals surface area contributed by atoms with Crippen LogP contribution in [-0.2, 0) is 37.6 Å². The molecule has 31 heavy (non-hydrogen) atoms. The molecule has 0 spiro atoms. The quantitative estimate of drug-likeness (QED) is 0.153. The molecule has 3 aromatic rings. The Kier molecular flexibility index (Phi) is 26.7. The predicted molar refractivity (Wildman–Crippen MR) is 112 cm³/mol. The van der Waals surface area contributed by atoms with Crippen molar-refractivity contribution in [1.82, 2.24) is 10.3 Å². The first kappa shape index (κ1) is 33.8. The summed E-state index contributed by atoms with van der Waals surface area (Å²) in [5.41, 5.74) is 1.09. The van der Waals surface area contributed by atoms with Gasteiger partial charge in [-0.15, -0.1) is 0 Å². The van der Waals surface area contributed by atoms with Crippen molar-refractivity contribution < 1.29 is 48.0 Å². The molecule has 0 amide bonds. The van der Waals surface area contributed by atoms with Crippen molar-refractivity contribution in [3.63, 3.8) is 0 Å². The average Bonchev–Trinajstić information content (AvgIpc) is 2.85. The van der Waals surface area contributed by atoms with Crippen LogP contribution in [0.1, 0.15) is 5.69 Å². The van der Waals surface area contributed by atoms with Crippen LogP contribution in [0.2, 0.25) is 0 Å². The largest absolute Gasteiger partial charge is 0.311 e. The maximum absolute atomic E-state index is 7.50. The number of hydrogen-bond donors (Lipinski definition) is 1. The molecule has 0 aliphatic heterocycles. The molecule has 0 saturated heterocycles. The van der Waals surface area contributed by atoms with E-state index < -0.39 is 0 Å². The zero-order valence-corrected chi connectivity index (χ0v) is 20.2. The van der Waals surface area contributed by atoms with Crippen LogP contribution in [0.4, 0.5) is 0 Å². The molecular formula is C23H21BrMnN2O3P-. The van der Waals surface area contributed by atoms with Crippen molar-refractivity contribution in [3.05, 3.63) is 111 Å². The Morgan fingerprint density at radius 2 is 1.16 bits per heavy atom. The fourth-order valence-electron chi connectivity index (χ4n) is 2.53. The van der Waals surface area contributed by atoms with E-state index in [1.165, 1.54) is 10.6 Å². The first-order valence-electron chi connectivity index (χ1n) is 8.53. The van der Waals surface area contributed by atoms with E-state index in [9.17, 15) is 0 Å². The topological polar surface area (TPSA) is 84.6 Å². The molecule has 0 aliphatic rings. The van der Waals surface area contributed by atoms with Gasteiger partial charge in [0.15, 0.2) is 0 Å². The van der Waals surface area contributed by atoms with Crippen molar-refractivity contribution in [1.29, 1.82) is 0 Å². The van der Waals surface area contributed by atoms with Crippen LogP contribution in [-0.4, -0.2) is 17.7 Å². The number of aromatic nitrogens is 1. The molecule has 0 atom stereocenters. The summed E-state index contributed by atoms with van der Waals surface area (Å²) in [5.74, 6) is 0. The molecule has 8 heteroatoms. The summed E-state index contributed by atoms with van der Waals surface area (Å²) in [5, 5.41) is 6.40. The zero-order chi connectivity index (χ0) is 21.7. The second-order valence-electron chi connectivity index (χ2n) is 5.32. The third-order valence-corrected chi connectivity index (χ3v) is 6.19. The smallest absolute Gasteiger partial charge is 0.0541 e. The Morgan fingerprint density at radius 3 is 1.58 bits per heavy atom. The normalized spacial score (nSPS) is 8.23. The number of nitrogens with zero attached hydrogens (tertiary/aromatic N) is 1. The van der Waals surface area contributed by atoms with Crippen LogP contribution in [0, 0.1) is 20.0 Å². The Bertz CT molecular complexity index is 781. The molecule has 2 aromatic carbocycles. The molecule has 1 heterocycles. The average molecular weight is 539 g/mol. The minimum Gasteiger partial charge on any atom is -0.311 e. The molecular weight excluding hydrogens is 518 g/mol. The minimum absolute atomic E-state index is 0. The first-order chi connectivity index (χ1) is 14.4. The van der Waals surface area contributed by atoms with Gasteiger partial charge in [0.05, 0.1) is 5.69 Å². The predicted octanol–water partition coefficient (Wildman–Crippen LogP) is 0.193. The minimum atomic E-state index is -0.314. The second kappa shape index (κ2) is 24.5. The Balaban J connectivity index is -0.000000904. The van der Waals surface area contributed by atoms with Gasteiger partial charge >= 0.3 is 33.9 Å². The van der Waals surface area contributed by atoms with Gasteiger partial charge in [-0.1, -0.05) is 66.7 Å². The number of pyridine rings is 1. The maximum Gasteiger partial charge on any atom is 0.0541 e. The number of benzene rings is 2. The van der Waals surface area contributed by atoms with Crippen LogP contribution in [0.25, 0.3) is 0 Å². The summed E-state index contributed by atoms with van der Waals surface area (Å²) in [4.78, 5) is 4.35. The van der Waals surface area contributed by atoms with E-state index in [1.807, 2.05) is 18.3 Å². The number of nitrogens with one attached hydrogen (secondary N) is 1. The molecule has 0 saturated carbocycles. The summed E-state index contributed by atoms with van der Waals surface area (Å²) in [6, 6.07) is 27.7. The van der Waals surface area contributed by atoms with E-state index in [4.69, 9.17) is 14.0 Å².